The van der Waals surface area contributed by atoms with Gasteiger partial charge in [-0.3, -0.25) is 4.55 Å². The van der Waals surface area contributed by atoms with Gasteiger partial charge in [0.25, 0.3) is 10.1 Å². The van der Waals surface area contributed by atoms with Gasteiger partial charge in [0, 0.05) is 0 Å². The Balaban J connectivity index is 3.30. The molecule has 0 fully saturated rings. The van der Waals surface area contributed by atoms with Crippen molar-refractivity contribution in [3.8, 4) is 0 Å². The van der Waals surface area contributed by atoms with Crippen LogP contribution in [0.5, 0.6) is 0 Å². The van der Waals surface area contributed by atoms with E-state index < -0.39 is 20.4 Å². The van der Waals surface area contributed by atoms with Crippen LogP contribution in [0.1, 0.15) is 0 Å². The van der Waals surface area contributed by atoms with Crippen molar-refractivity contribution in [2.45, 2.75) is 10.2 Å². The fourth-order valence-electron chi connectivity index (χ4n) is 0.935. The third-order valence-corrected chi connectivity index (χ3v) is 4.59. The van der Waals surface area contributed by atoms with E-state index in [0.717, 1.165) is 12.2 Å². The quantitative estimate of drug-likeness (QED) is 0.561. The van der Waals surface area contributed by atoms with Gasteiger partial charge in [-0.1, -0.05) is 34.8 Å². The first-order valence-electron chi connectivity index (χ1n) is 3.36. The van der Waals surface area contributed by atoms with Crippen molar-refractivity contribution in [1.82, 2.24) is 0 Å². The van der Waals surface area contributed by atoms with E-state index in [2.05, 4.69) is 0 Å². The highest BCUT2D eigenvalue weighted by Gasteiger charge is 2.46. The smallest absolute Gasteiger partial charge is 0.290 e. The van der Waals surface area contributed by atoms with Gasteiger partial charge in [-0.25, -0.2) is 0 Å². The molecule has 1 aliphatic rings. The van der Waals surface area contributed by atoms with Crippen molar-refractivity contribution in [1.29, 1.82) is 0 Å². The maximum Gasteiger partial charge on any atom is 0.290 e. The number of nitrogens with two attached hydrogens (primary N) is 1. The number of allylic oxidation sites excluding steroid dienone is 2. The average Bonchev–Trinajstić information content (AvgIpc) is 1.99. The summed E-state index contributed by atoms with van der Waals surface area (Å²) in [6, 6.07) is -1.16. The number of hydrogen-bond acceptors (Lipinski definition) is 3. The fraction of sp³-hybridized carbons (Fsp3) is 0.333. The van der Waals surface area contributed by atoms with Crippen molar-refractivity contribution in [3.63, 3.8) is 0 Å². The molecule has 2 unspecified atom stereocenters. The van der Waals surface area contributed by atoms with Gasteiger partial charge in [-0.2, -0.15) is 8.42 Å². The molecule has 80 valence electrons. The molecule has 0 saturated carbocycles. The highest BCUT2D eigenvalue weighted by Crippen LogP contribution is 2.37. The third-order valence-electron chi connectivity index (χ3n) is 1.73. The van der Waals surface area contributed by atoms with Crippen LogP contribution in [0.25, 0.3) is 0 Å². The molecule has 0 aromatic carbocycles. The van der Waals surface area contributed by atoms with Crippen molar-refractivity contribution in [3.05, 3.63) is 22.2 Å². The summed E-state index contributed by atoms with van der Waals surface area (Å²) in [5.74, 6) is 0. The van der Waals surface area contributed by atoms with Gasteiger partial charge in [0.15, 0.2) is 0 Å². The molecule has 8 heteroatoms. The largest absolute Gasteiger partial charge is 0.322 e. The number of alkyl halides is 1. The Labute approximate surface area is 96.1 Å². The topological polar surface area (TPSA) is 80.4 Å². The van der Waals surface area contributed by atoms with Crippen LogP contribution in [0.15, 0.2) is 22.2 Å². The normalized spacial score (nSPS) is 33.6. The van der Waals surface area contributed by atoms with Crippen LogP contribution in [0, 0.1) is 0 Å². The second kappa shape index (κ2) is 3.66. The van der Waals surface area contributed by atoms with E-state index in [9.17, 15) is 8.42 Å². The first-order chi connectivity index (χ1) is 6.18. The Morgan fingerprint density at radius 3 is 2.36 bits per heavy atom. The molecule has 0 saturated heterocycles. The van der Waals surface area contributed by atoms with Crippen LogP contribution in [0.2, 0.25) is 0 Å². The summed E-state index contributed by atoms with van der Waals surface area (Å²) in [5.41, 5.74) is 5.42. The van der Waals surface area contributed by atoms with E-state index in [4.69, 9.17) is 45.1 Å². The molecule has 3 N–H and O–H groups in total. The number of hydrogen-bond donors (Lipinski definition) is 2. The van der Waals surface area contributed by atoms with E-state index in [0.29, 0.717) is 0 Å². The molecular weight excluding hydrogens is 272 g/mol. The Bertz CT molecular complexity index is 416. The summed E-state index contributed by atoms with van der Waals surface area (Å²) in [7, 11) is -4.55. The Morgan fingerprint density at radius 2 is 1.93 bits per heavy atom. The maximum absolute atomic E-state index is 10.9. The molecule has 4 nitrogen and oxygen atoms in total. The third kappa shape index (κ3) is 1.93. The van der Waals surface area contributed by atoms with Crippen molar-refractivity contribution < 1.29 is 13.0 Å². The highest BCUT2D eigenvalue weighted by atomic mass is 35.5. The SMILES string of the molecule is NC1C=C(Cl)C(Cl)=CC1(Cl)S(=O)(=O)O. The zero-order valence-corrected chi connectivity index (χ0v) is 9.70. The first-order valence-corrected chi connectivity index (χ1v) is 5.93. The van der Waals surface area contributed by atoms with E-state index in [1.807, 2.05) is 0 Å². The van der Waals surface area contributed by atoms with E-state index in [1.54, 1.807) is 0 Å². The molecule has 0 spiro atoms. The maximum atomic E-state index is 10.9. The summed E-state index contributed by atoms with van der Waals surface area (Å²) in [6.07, 6.45) is 2.06. The molecule has 0 aliphatic heterocycles. The van der Waals surface area contributed by atoms with Crippen LogP contribution < -0.4 is 5.73 Å². The number of halogens is 3. The van der Waals surface area contributed by atoms with Crippen molar-refractivity contribution >= 4 is 44.9 Å². The fourth-order valence-corrected chi connectivity index (χ4v) is 2.33. The van der Waals surface area contributed by atoms with E-state index in [1.165, 1.54) is 0 Å². The minimum absolute atomic E-state index is 0.0685. The number of rotatable bonds is 1. The Morgan fingerprint density at radius 1 is 1.43 bits per heavy atom. The zero-order chi connectivity index (χ0) is 11.1. The molecule has 0 aromatic heterocycles. The van der Waals surface area contributed by atoms with E-state index >= 15 is 0 Å². The molecule has 1 rings (SSSR count). The monoisotopic (exact) mass is 277 g/mol. The predicted molar refractivity (Wildman–Crippen MR) is 56.0 cm³/mol. The van der Waals surface area contributed by atoms with Gasteiger partial charge in [0.05, 0.1) is 16.1 Å². The van der Waals surface area contributed by atoms with Crippen molar-refractivity contribution in [2.75, 3.05) is 0 Å². The molecule has 0 heterocycles. The molecule has 0 bridgehead atoms. The summed E-state index contributed by atoms with van der Waals surface area (Å²) in [5, 5.41) is 0.0279. The van der Waals surface area contributed by atoms with Gasteiger partial charge in [0.1, 0.15) is 0 Å². The van der Waals surface area contributed by atoms with Gasteiger partial charge >= 0.3 is 0 Å². The molecule has 0 aromatic rings. The van der Waals surface area contributed by atoms with Gasteiger partial charge in [-0.05, 0) is 12.2 Å². The second-order valence-corrected chi connectivity index (χ2v) is 6.00. The lowest BCUT2D eigenvalue weighted by Crippen LogP contribution is -2.48. The molecule has 0 amide bonds. The van der Waals surface area contributed by atoms with Crippen LogP contribution in [-0.4, -0.2) is 23.2 Å². The van der Waals surface area contributed by atoms with Gasteiger partial charge < -0.3 is 5.73 Å². The molecule has 2 atom stereocenters. The van der Waals surface area contributed by atoms with Gasteiger partial charge in [-0.15, -0.1) is 0 Å². The zero-order valence-electron chi connectivity index (χ0n) is 6.62. The summed E-state index contributed by atoms with van der Waals surface area (Å²) >= 11 is 16.8. The molecule has 1 aliphatic carbocycles. The summed E-state index contributed by atoms with van der Waals surface area (Å²) in [6.45, 7) is 0. The predicted octanol–water partition coefficient (Wildman–Crippen LogP) is 1.40. The first kappa shape index (κ1) is 12.3. The lowest BCUT2D eigenvalue weighted by molar-refractivity contribution is 0.462. The second-order valence-electron chi connectivity index (χ2n) is 2.71. The lowest BCUT2D eigenvalue weighted by Gasteiger charge is -2.28. The summed E-state index contributed by atoms with van der Waals surface area (Å²) < 4.78 is 28.6. The Kier molecular flexibility index (Phi) is 3.21. The highest BCUT2D eigenvalue weighted by molar-refractivity contribution is 7.89. The lowest BCUT2D eigenvalue weighted by atomic mass is 10.1. The van der Waals surface area contributed by atoms with Gasteiger partial charge in [0.2, 0.25) is 4.21 Å². The minimum atomic E-state index is -4.55. The molecular formula is C6H6Cl3NO3S. The summed E-state index contributed by atoms with van der Waals surface area (Å²) in [4.78, 5) is 0. The van der Waals surface area contributed by atoms with Crippen LogP contribution in [-0.2, 0) is 10.1 Å². The van der Waals surface area contributed by atoms with Crippen LogP contribution in [0.4, 0.5) is 0 Å². The standard InChI is InChI=1S/C6H6Cl3NO3S/c7-3-1-5(10)6(9,2-4(3)8)14(11,12)13/h1-2,5H,10H2,(H,11,12,13). The molecule has 14 heavy (non-hydrogen) atoms. The van der Waals surface area contributed by atoms with Crippen LogP contribution >= 0.6 is 34.8 Å². The van der Waals surface area contributed by atoms with Crippen LogP contribution in [0.3, 0.4) is 0 Å². The minimum Gasteiger partial charge on any atom is -0.322 e. The Hall–Kier alpha value is 0.220. The van der Waals surface area contributed by atoms with E-state index in [-0.39, 0.29) is 10.1 Å². The van der Waals surface area contributed by atoms with Crippen molar-refractivity contribution in [2.24, 2.45) is 5.73 Å². The average molecular weight is 279 g/mol. The molecule has 0 radical (unpaired) electrons.